The molecule has 0 bridgehead atoms. The van der Waals surface area contributed by atoms with Crippen molar-refractivity contribution >= 4 is 34.7 Å². The van der Waals surface area contributed by atoms with Crippen LogP contribution in [0.4, 0.5) is 0 Å². The second-order valence-corrected chi connectivity index (χ2v) is 9.01. The van der Waals surface area contributed by atoms with E-state index in [-0.39, 0.29) is 48.6 Å². The molecule has 3 N–H and O–H groups in total. The van der Waals surface area contributed by atoms with Crippen molar-refractivity contribution in [3.8, 4) is 28.2 Å². The van der Waals surface area contributed by atoms with E-state index in [9.17, 15) is 34.2 Å². The molecule has 2 aromatic rings. The Kier molecular flexibility index (Phi) is 6.68. The van der Waals surface area contributed by atoms with Gasteiger partial charge in [-0.25, -0.2) is 4.79 Å². The van der Waals surface area contributed by atoms with Crippen LogP contribution in [0.15, 0.2) is 76.0 Å². The topological polar surface area (TPSA) is 154 Å². The van der Waals surface area contributed by atoms with E-state index < -0.39 is 17.8 Å². The molecular formula is C29H22N2O8. The normalized spacial score (nSPS) is 13.0. The van der Waals surface area contributed by atoms with Crippen LogP contribution >= 0.6 is 0 Å². The summed E-state index contributed by atoms with van der Waals surface area (Å²) in [4.78, 5) is 60.0. The average Bonchev–Trinajstić information content (AvgIpc) is 3.23. The van der Waals surface area contributed by atoms with Gasteiger partial charge in [0.05, 0.1) is 5.56 Å². The SMILES string of the molecule is O=C(CCc1cc2c(-c3ccc(C(=O)O)cc3)c3ccc(=O)cc-3oc2cc1O)NCCN1C(=O)C=CC1=O. The second kappa shape index (κ2) is 10.3. The largest absolute Gasteiger partial charge is 0.508 e. The summed E-state index contributed by atoms with van der Waals surface area (Å²) in [7, 11) is 0. The Bertz CT molecular complexity index is 1680. The van der Waals surface area contributed by atoms with E-state index >= 15 is 0 Å². The van der Waals surface area contributed by atoms with E-state index in [1.807, 2.05) is 0 Å². The van der Waals surface area contributed by atoms with Gasteiger partial charge in [0.1, 0.15) is 17.1 Å². The lowest BCUT2D eigenvalue weighted by Gasteiger charge is -2.17. The molecule has 2 heterocycles. The molecule has 10 heteroatoms. The molecule has 5 rings (SSSR count). The summed E-state index contributed by atoms with van der Waals surface area (Å²) in [5.41, 5.74) is 2.64. The van der Waals surface area contributed by atoms with Crippen molar-refractivity contribution in [2.45, 2.75) is 12.8 Å². The van der Waals surface area contributed by atoms with Gasteiger partial charge in [-0.05, 0) is 47.9 Å². The fourth-order valence-electron chi connectivity index (χ4n) is 4.54. The zero-order valence-electron chi connectivity index (χ0n) is 20.5. The Hall–Kier alpha value is -5.25. The van der Waals surface area contributed by atoms with Gasteiger partial charge in [0.15, 0.2) is 5.43 Å². The molecule has 0 saturated carbocycles. The minimum atomic E-state index is -1.06. The molecule has 0 atom stereocenters. The maximum Gasteiger partial charge on any atom is 0.335 e. The molecule has 10 nitrogen and oxygen atoms in total. The number of nitrogens with zero attached hydrogens (tertiary/aromatic N) is 1. The molecule has 0 fully saturated rings. The Morgan fingerprint density at radius 2 is 1.64 bits per heavy atom. The first-order valence-electron chi connectivity index (χ1n) is 12.1. The summed E-state index contributed by atoms with van der Waals surface area (Å²) in [6.45, 7) is 0.159. The van der Waals surface area contributed by atoms with E-state index in [0.717, 1.165) is 4.90 Å². The van der Waals surface area contributed by atoms with Crippen molar-refractivity contribution in [1.29, 1.82) is 0 Å². The first kappa shape index (κ1) is 25.4. The van der Waals surface area contributed by atoms with Gasteiger partial charge in [-0.1, -0.05) is 12.1 Å². The second-order valence-electron chi connectivity index (χ2n) is 9.01. The maximum absolute atomic E-state index is 12.4. The highest BCUT2D eigenvalue weighted by Crippen LogP contribution is 2.41. The average molecular weight is 527 g/mol. The van der Waals surface area contributed by atoms with Gasteiger partial charge in [0, 0.05) is 60.3 Å². The summed E-state index contributed by atoms with van der Waals surface area (Å²) >= 11 is 0. The van der Waals surface area contributed by atoms with Gasteiger partial charge in [0.25, 0.3) is 11.8 Å². The quantitative estimate of drug-likeness (QED) is 0.234. The number of aromatic carboxylic acids is 1. The van der Waals surface area contributed by atoms with Gasteiger partial charge in [-0.2, -0.15) is 0 Å². The van der Waals surface area contributed by atoms with Crippen LogP contribution in [0.1, 0.15) is 22.3 Å². The third-order valence-electron chi connectivity index (χ3n) is 6.49. The molecule has 0 saturated heterocycles. The smallest absolute Gasteiger partial charge is 0.335 e. The number of amides is 3. The minimum absolute atomic E-state index is 0.0338. The van der Waals surface area contributed by atoms with E-state index in [2.05, 4.69) is 5.32 Å². The lowest BCUT2D eigenvalue weighted by atomic mass is 9.92. The molecule has 0 unspecified atom stereocenters. The van der Waals surface area contributed by atoms with Crippen molar-refractivity contribution in [1.82, 2.24) is 10.2 Å². The monoisotopic (exact) mass is 526 g/mol. The van der Waals surface area contributed by atoms with Crippen LogP contribution in [0.3, 0.4) is 0 Å². The molecule has 2 aliphatic heterocycles. The third-order valence-corrected chi connectivity index (χ3v) is 6.49. The molecule has 0 radical (unpaired) electrons. The van der Waals surface area contributed by atoms with Crippen LogP contribution in [-0.2, 0) is 20.8 Å². The minimum Gasteiger partial charge on any atom is -0.508 e. The number of phenols is 1. The number of carboxylic acid groups (broad SMARTS) is 1. The van der Waals surface area contributed by atoms with E-state index in [4.69, 9.17) is 4.42 Å². The lowest BCUT2D eigenvalue weighted by Crippen LogP contribution is -2.38. The molecular weight excluding hydrogens is 504 g/mol. The predicted octanol–water partition coefficient (Wildman–Crippen LogP) is 2.94. The van der Waals surface area contributed by atoms with Crippen LogP contribution in [0.2, 0.25) is 0 Å². The molecule has 3 amide bonds. The maximum atomic E-state index is 12.4. The van der Waals surface area contributed by atoms with Gasteiger partial charge in [-0.3, -0.25) is 24.1 Å². The predicted molar refractivity (Wildman–Crippen MR) is 140 cm³/mol. The summed E-state index contributed by atoms with van der Waals surface area (Å²) in [6.07, 6.45) is 2.57. The highest BCUT2D eigenvalue weighted by atomic mass is 16.4. The van der Waals surface area contributed by atoms with Crippen LogP contribution in [0.5, 0.6) is 5.75 Å². The van der Waals surface area contributed by atoms with E-state index in [1.54, 1.807) is 24.3 Å². The number of nitrogens with one attached hydrogen (secondary N) is 1. The number of rotatable bonds is 8. The van der Waals surface area contributed by atoms with Crippen molar-refractivity contribution in [3.63, 3.8) is 0 Å². The zero-order chi connectivity index (χ0) is 27.7. The number of imide groups is 1. The van der Waals surface area contributed by atoms with Gasteiger partial charge >= 0.3 is 5.97 Å². The van der Waals surface area contributed by atoms with Crippen LogP contribution < -0.4 is 10.7 Å². The Labute approximate surface area is 221 Å². The fraction of sp³-hybridized carbons (Fsp3) is 0.138. The number of phenolic OH excluding ortho intramolecular Hbond substituents is 1. The highest BCUT2D eigenvalue weighted by molar-refractivity contribution is 6.12. The summed E-state index contributed by atoms with van der Waals surface area (Å²) in [5.74, 6) is -2.01. The first-order chi connectivity index (χ1) is 18.7. The van der Waals surface area contributed by atoms with Gasteiger partial charge in [0.2, 0.25) is 5.91 Å². The molecule has 3 aliphatic rings. The summed E-state index contributed by atoms with van der Waals surface area (Å²) in [5, 5.41) is 23.2. The van der Waals surface area contributed by atoms with Crippen LogP contribution in [0, 0.1) is 0 Å². The number of benzene rings is 3. The highest BCUT2D eigenvalue weighted by Gasteiger charge is 2.23. The van der Waals surface area contributed by atoms with Crippen molar-refractivity contribution < 1.29 is 33.8 Å². The van der Waals surface area contributed by atoms with Crippen LogP contribution in [-0.4, -0.2) is 51.9 Å². The number of carboxylic acids is 1. The molecule has 39 heavy (non-hydrogen) atoms. The van der Waals surface area contributed by atoms with Gasteiger partial charge < -0.3 is 19.9 Å². The standard InChI is InChI=1S/C29H22N2O8/c32-19-6-7-20-23(14-19)39-24-15-22(33)18(5-8-25(34)30-11-12-31-26(35)9-10-27(31)36)13-21(24)28(20)16-1-3-17(4-2-16)29(37)38/h1-4,6-7,9-10,13-15,33H,5,8,11-12H2,(H,30,34)(H,37,38). The number of aryl methyl sites for hydroxylation is 1. The number of carbonyl (C=O) groups is 4. The Morgan fingerprint density at radius 3 is 2.33 bits per heavy atom. The number of hydrogen-bond acceptors (Lipinski definition) is 7. The van der Waals surface area contributed by atoms with Gasteiger partial charge in [-0.15, -0.1) is 0 Å². The lowest BCUT2D eigenvalue weighted by molar-refractivity contribution is -0.137. The zero-order valence-corrected chi connectivity index (χ0v) is 20.5. The van der Waals surface area contributed by atoms with Crippen molar-refractivity contribution in [2.75, 3.05) is 13.1 Å². The molecule has 196 valence electrons. The third kappa shape index (κ3) is 5.12. The Morgan fingerprint density at radius 1 is 0.923 bits per heavy atom. The number of aromatic hydroxyl groups is 1. The Balaban J connectivity index is 1.43. The molecule has 1 aliphatic carbocycles. The molecule has 0 aromatic heterocycles. The summed E-state index contributed by atoms with van der Waals surface area (Å²) < 4.78 is 5.93. The van der Waals surface area contributed by atoms with Crippen molar-refractivity contribution in [2.24, 2.45) is 0 Å². The van der Waals surface area contributed by atoms with E-state index in [1.165, 1.54) is 42.5 Å². The number of fused-ring (bicyclic) bond motifs is 2. The fourth-order valence-corrected chi connectivity index (χ4v) is 4.54. The van der Waals surface area contributed by atoms with E-state index in [0.29, 0.717) is 39.0 Å². The molecule has 2 aromatic carbocycles. The molecule has 0 spiro atoms. The first-order valence-corrected chi connectivity index (χ1v) is 12.1. The number of hydrogen-bond donors (Lipinski definition) is 3. The van der Waals surface area contributed by atoms with Crippen molar-refractivity contribution in [3.05, 3.63) is 88.1 Å². The van der Waals surface area contributed by atoms with Crippen LogP contribution in [0.25, 0.3) is 33.4 Å². The summed E-state index contributed by atoms with van der Waals surface area (Å²) in [6, 6.07) is 13.8. The number of carbonyl (C=O) groups excluding carboxylic acids is 3.